The third-order valence-electron chi connectivity index (χ3n) is 12.5. The minimum absolute atomic E-state index is 0.915. The van der Waals surface area contributed by atoms with E-state index in [-0.39, 0.29) is 0 Å². The van der Waals surface area contributed by atoms with Crippen LogP contribution < -0.4 is 20.7 Å². The summed E-state index contributed by atoms with van der Waals surface area (Å²) in [6.07, 6.45) is 0. The quantitative estimate of drug-likeness (QED) is 0.122. The van der Waals surface area contributed by atoms with Crippen molar-refractivity contribution in [1.82, 2.24) is 9.13 Å². The van der Waals surface area contributed by atoms with E-state index < -0.39 is 8.07 Å². The molecule has 3 aromatic heterocycles. The molecular weight excluding hydrogens is 733 g/mol. The van der Waals surface area contributed by atoms with Gasteiger partial charge in [0.1, 0.15) is 11.2 Å². The molecule has 0 radical (unpaired) electrons. The van der Waals surface area contributed by atoms with Crippen LogP contribution in [0.3, 0.4) is 0 Å². The van der Waals surface area contributed by atoms with Crippen molar-refractivity contribution in [3.05, 3.63) is 218 Å². The van der Waals surface area contributed by atoms with Crippen LogP contribution in [-0.4, -0.2) is 17.2 Å². The first-order chi connectivity index (χ1) is 29.2. The highest BCUT2D eigenvalue weighted by Crippen LogP contribution is 2.37. The Bertz CT molecular complexity index is 3480. The van der Waals surface area contributed by atoms with Gasteiger partial charge in [0.25, 0.3) is 0 Å². The first-order valence-electron chi connectivity index (χ1n) is 20.3. The van der Waals surface area contributed by atoms with Gasteiger partial charge < -0.3 is 13.6 Å². The van der Waals surface area contributed by atoms with E-state index in [1.54, 1.807) is 0 Å². The van der Waals surface area contributed by atoms with Crippen LogP contribution in [0.1, 0.15) is 5.56 Å². The lowest BCUT2D eigenvalue weighted by atomic mass is 10.1. The summed E-state index contributed by atoms with van der Waals surface area (Å²) in [6, 6.07) is 78.2. The number of benzene rings is 9. The molecule has 0 atom stereocenters. The highest BCUT2D eigenvalue weighted by molar-refractivity contribution is 7.20. The molecule has 0 aliphatic rings. The predicted molar refractivity (Wildman–Crippen MR) is 251 cm³/mol. The summed E-state index contributed by atoms with van der Waals surface area (Å²) in [5.74, 6) is 0. The summed E-state index contributed by atoms with van der Waals surface area (Å²) in [6.45, 7) is 2.22. The largest absolute Gasteiger partial charge is 0.456 e. The molecule has 3 heterocycles. The maximum atomic E-state index is 6.95. The van der Waals surface area contributed by atoms with Crippen molar-refractivity contribution >= 4 is 94.4 Å². The normalized spacial score (nSPS) is 12.2. The van der Waals surface area contributed by atoms with E-state index in [0.717, 1.165) is 33.3 Å². The van der Waals surface area contributed by atoms with Gasteiger partial charge in [0.15, 0.2) is 8.07 Å². The highest BCUT2D eigenvalue weighted by Gasteiger charge is 2.44. The summed E-state index contributed by atoms with van der Waals surface area (Å²) in [5.41, 5.74) is 10.2. The number of furan rings is 1. The number of hydrogen-bond acceptors (Lipinski definition) is 1. The molecule has 0 unspecified atom stereocenters. The standard InChI is InChI=1S/C55H38N2OSi/c1-37-33-48-46-26-11-15-30-53(46)58-55(48)54(34-37)59(40-18-4-2-5-19-40,41-20-6-3-7-21-41)42-22-16-17-38(35-42)56-51-29-14-10-25-45(51)47-36-39(31-32-52(47)56)57-49-27-12-8-23-43(49)44-24-9-13-28-50(44)57/h2-36H,1H3. The van der Waals surface area contributed by atoms with Crippen LogP contribution in [0.5, 0.6) is 0 Å². The molecule has 0 bridgehead atoms. The van der Waals surface area contributed by atoms with Crippen molar-refractivity contribution in [2.45, 2.75) is 6.92 Å². The van der Waals surface area contributed by atoms with E-state index in [1.807, 2.05) is 0 Å². The summed E-state index contributed by atoms with van der Waals surface area (Å²) in [4.78, 5) is 0. The summed E-state index contributed by atoms with van der Waals surface area (Å²) < 4.78 is 11.8. The molecule has 0 spiro atoms. The van der Waals surface area contributed by atoms with E-state index in [0.29, 0.717) is 0 Å². The predicted octanol–water partition coefficient (Wildman–Crippen LogP) is 11.5. The summed E-state index contributed by atoms with van der Waals surface area (Å²) in [7, 11) is -3.05. The number of para-hydroxylation sites is 4. The molecule has 0 aliphatic carbocycles. The fourth-order valence-electron chi connectivity index (χ4n) is 10.0. The second-order valence-corrected chi connectivity index (χ2v) is 19.5. The molecular formula is C55H38N2OSi. The smallest absolute Gasteiger partial charge is 0.184 e. The number of rotatable bonds is 6. The molecule has 12 aromatic rings. The Balaban J connectivity index is 1.14. The molecule has 278 valence electrons. The van der Waals surface area contributed by atoms with Gasteiger partial charge in [-0.1, -0.05) is 157 Å². The van der Waals surface area contributed by atoms with Crippen LogP contribution in [0.25, 0.3) is 76.9 Å². The van der Waals surface area contributed by atoms with E-state index in [9.17, 15) is 0 Å². The molecule has 12 rings (SSSR count). The lowest BCUT2D eigenvalue weighted by Gasteiger charge is -2.35. The van der Waals surface area contributed by atoms with Gasteiger partial charge in [0.2, 0.25) is 0 Å². The van der Waals surface area contributed by atoms with Gasteiger partial charge >= 0.3 is 0 Å². The number of fused-ring (bicyclic) bond motifs is 9. The van der Waals surface area contributed by atoms with Crippen LogP contribution in [0, 0.1) is 6.92 Å². The van der Waals surface area contributed by atoms with E-state index in [1.165, 1.54) is 69.9 Å². The highest BCUT2D eigenvalue weighted by atomic mass is 28.3. The maximum absolute atomic E-state index is 6.95. The zero-order chi connectivity index (χ0) is 39.1. The van der Waals surface area contributed by atoms with Gasteiger partial charge in [-0.25, -0.2) is 0 Å². The molecule has 0 fully saturated rings. The molecule has 0 aliphatic heterocycles. The molecule has 4 heteroatoms. The van der Waals surface area contributed by atoms with Crippen molar-refractivity contribution < 1.29 is 4.42 Å². The SMILES string of the molecule is Cc1cc([Si](c2ccccc2)(c2ccccc2)c2cccc(-n3c4ccccc4c4cc(-n5c6ccccc6c6ccccc65)ccc43)c2)c2oc3ccccc3c2c1. The summed E-state index contributed by atoms with van der Waals surface area (Å²) in [5, 5.41) is 12.5. The zero-order valence-corrected chi connectivity index (χ0v) is 33.5. The molecule has 0 N–H and O–H groups in total. The Morgan fingerprint density at radius 3 is 1.47 bits per heavy atom. The van der Waals surface area contributed by atoms with Crippen LogP contribution in [0.2, 0.25) is 0 Å². The fraction of sp³-hybridized carbons (Fsp3) is 0.0182. The van der Waals surface area contributed by atoms with E-state index in [4.69, 9.17) is 4.42 Å². The first-order valence-corrected chi connectivity index (χ1v) is 22.3. The van der Waals surface area contributed by atoms with Gasteiger partial charge in [0, 0.05) is 43.7 Å². The summed E-state index contributed by atoms with van der Waals surface area (Å²) >= 11 is 0. The lowest BCUT2D eigenvalue weighted by Crippen LogP contribution is -2.75. The van der Waals surface area contributed by atoms with Crippen molar-refractivity contribution in [1.29, 1.82) is 0 Å². The molecule has 0 saturated heterocycles. The second-order valence-electron chi connectivity index (χ2n) is 15.7. The number of aryl methyl sites for hydroxylation is 1. The van der Waals surface area contributed by atoms with Crippen LogP contribution >= 0.6 is 0 Å². The van der Waals surface area contributed by atoms with Crippen LogP contribution in [-0.2, 0) is 0 Å². The number of hydrogen-bond donors (Lipinski definition) is 0. The van der Waals surface area contributed by atoms with Crippen LogP contribution in [0.4, 0.5) is 0 Å². The van der Waals surface area contributed by atoms with Crippen LogP contribution in [0.15, 0.2) is 217 Å². The Hall–Kier alpha value is -7.40. The zero-order valence-electron chi connectivity index (χ0n) is 32.5. The Labute approximate surface area is 342 Å². The number of aromatic nitrogens is 2. The van der Waals surface area contributed by atoms with Gasteiger partial charge in [-0.2, -0.15) is 0 Å². The average molecular weight is 771 g/mol. The Morgan fingerprint density at radius 1 is 0.356 bits per heavy atom. The van der Waals surface area contributed by atoms with Crippen molar-refractivity contribution in [3.63, 3.8) is 0 Å². The second kappa shape index (κ2) is 13.1. The van der Waals surface area contributed by atoms with E-state index >= 15 is 0 Å². The maximum Gasteiger partial charge on any atom is 0.184 e. The lowest BCUT2D eigenvalue weighted by molar-refractivity contribution is 0.671. The molecule has 0 saturated carbocycles. The first kappa shape index (κ1) is 33.7. The van der Waals surface area contributed by atoms with Gasteiger partial charge in [-0.15, -0.1) is 0 Å². The monoisotopic (exact) mass is 770 g/mol. The minimum Gasteiger partial charge on any atom is -0.456 e. The Kier molecular flexibility index (Phi) is 7.47. The molecule has 0 amide bonds. The molecule has 3 nitrogen and oxygen atoms in total. The third kappa shape index (κ3) is 4.94. The van der Waals surface area contributed by atoms with Crippen molar-refractivity contribution in [2.24, 2.45) is 0 Å². The van der Waals surface area contributed by atoms with Gasteiger partial charge in [-0.05, 0) is 88.3 Å². The fourth-order valence-corrected chi connectivity index (χ4v) is 15.0. The van der Waals surface area contributed by atoms with E-state index in [2.05, 4.69) is 228 Å². The average Bonchev–Trinajstić information content (AvgIpc) is 3.95. The molecule has 59 heavy (non-hydrogen) atoms. The van der Waals surface area contributed by atoms with Gasteiger partial charge in [0.05, 0.1) is 22.1 Å². The van der Waals surface area contributed by atoms with Gasteiger partial charge in [-0.3, -0.25) is 0 Å². The molecule has 9 aromatic carbocycles. The van der Waals surface area contributed by atoms with Crippen molar-refractivity contribution in [3.8, 4) is 11.4 Å². The number of nitrogens with zero attached hydrogens (tertiary/aromatic N) is 2. The Morgan fingerprint density at radius 2 is 0.847 bits per heavy atom. The van der Waals surface area contributed by atoms with Crippen molar-refractivity contribution in [2.75, 3.05) is 0 Å². The third-order valence-corrected chi connectivity index (χ3v) is 17.2. The minimum atomic E-state index is -3.05. The topological polar surface area (TPSA) is 23.0 Å².